The van der Waals surface area contributed by atoms with Gasteiger partial charge in [0, 0.05) is 15.1 Å². The molecular weight excluding hydrogens is 412 g/mol. The van der Waals surface area contributed by atoms with Gasteiger partial charge in [0.25, 0.3) is 0 Å². The van der Waals surface area contributed by atoms with Gasteiger partial charge in [-0.3, -0.25) is 10.9 Å². The van der Waals surface area contributed by atoms with Crippen LogP contribution in [0.1, 0.15) is 0 Å². The minimum atomic E-state index is 0.627. The Labute approximate surface area is 164 Å². The van der Waals surface area contributed by atoms with Crippen LogP contribution in [0.25, 0.3) is 22.3 Å². The number of para-hydroxylation sites is 1. The zero-order valence-corrected chi connectivity index (χ0v) is 15.9. The summed E-state index contributed by atoms with van der Waals surface area (Å²) in [6.07, 6.45) is 0. The first-order valence-electron chi connectivity index (χ1n) is 8.00. The van der Waals surface area contributed by atoms with Crippen LogP contribution in [0, 0.1) is 0 Å². The number of benzene rings is 3. The highest BCUT2D eigenvalue weighted by atomic mass is 79.9. The number of halogens is 2. The van der Waals surface area contributed by atoms with Crippen LogP contribution in [0.3, 0.4) is 0 Å². The van der Waals surface area contributed by atoms with E-state index in [9.17, 15) is 0 Å². The lowest BCUT2D eigenvalue weighted by Gasteiger charge is -2.14. The van der Waals surface area contributed by atoms with E-state index in [0.29, 0.717) is 10.8 Å². The highest BCUT2D eigenvalue weighted by Gasteiger charge is 2.11. The molecule has 128 valence electrons. The van der Waals surface area contributed by atoms with Gasteiger partial charge in [0.2, 0.25) is 0 Å². The monoisotopic (exact) mass is 424 g/mol. The van der Waals surface area contributed by atoms with E-state index in [0.717, 1.165) is 32.5 Å². The predicted octanol–water partition coefficient (Wildman–Crippen LogP) is 6.15. The minimum Gasteiger partial charge on any atom is -0.298 e. The Morgan fingerprint density at radius 3 is 2.35 bits per heavy atom. The molecule has 0 radical (unpaired) electrons. The SMILES string of the molecule is Clc1ccc2nc(-c3ccccc3)c(NNc3ccccc3Br)nc2c1. The lowest BCUT2D eigenvalue weighted by Crippen LogP contribution is -2.12. The number of fused-ring (bicyclic) bond motifs is 1. The van der Waals surface area contributed by atoms with Gasteiger partial charge in [-0.1, -0.05) is 54.1 Å². The summed E-state index contributed by atoms with van der Waals surface area (Å²) < 4.78 is 0.950. The van der Waals surface area contributed by atoms with E-state index in [2.05, 4.69) is 26.8 Å². The van der Waals surface area contributed by atoms with Gasteiger partial charge in [-0.25, -0.2) is 9.97 Å². The van der Waals surface area contributed by atoms with Crippen LogP contribution in [0.15, 0.2) is 77.3 Å². The quantitative estimate of drug-likeness (QED) is 0.385. The highest BCUT2D eigenvalue weighted by molar-refractivity contribution is 9.10. The van der Waals surface area contributed by atoms with E-state index >= 15 is 0 Å². The number of hydrazine groups is 1. The van der Waals surface area contributed by atoms with Crippen molar-refractivity contribution in [2.75, 3.05) is 10.9 Å². The molecule has 4 aromatic rings. The van der Waals surface area contributed by atoms with Crippen molar-refractivity contribution in [2.24, 2.45) is 0 Å². The fraction of sp³-hybridized carbons (Fsp3) is 0. The highest BCUT2D eigenvalue weighted by Crippen LogP contribution is 2.29. The van der Waals surface area contributed by atoms with Crippen LogP contribution in [0.2, 0.25) is 5.02 Å². The summed E-state index contributed by atoms with van der Waals surface area (Å²) in [5.41, 5.74) is 10.5. The molecule has 26 heavy (non-hydrogen) atoms. The molecule has 4 rings (SSSR count). The summed E-state index contributed by atoms with van der Waals surface area (Å²) in [5.74, 6) is 0.627. The molecule has 0 fully saturated rings. The lowest BCUT2D eigenvalue weighted by molar-refractivity contribution is 1.25. The molecule has 0 atom stereocenters. The Balaban J connectivity index is 1.79. The van der Waals surface area contributed by atoms with Gasteiger partial charge in [0.15, 0.2) is 5.82 Å². The summed E-state index contributed by atoms with van der Waals surface area (Å²) in [4.78, 5) is 9.51. The van der Waals surface area contributed by atoms with E-state index in [1.54, 1.807) is 0 Å². The number of anilines is 2. The van der Waals surface area contributed by atoms with Gasteiger partial charge < -0.3 is 0 Å². The van der Waals surface area contributed by atoms with Crippen LogP contribution in [-0.4, -0.2) is 9.97 Å². The van der Waals surface area contributed by atoms with E-state index in [1.807, 2.05) is 72.8 Å². The van der Waals surface area contributed by atoms with Crippen molar-refractivity contribution in [3.05, 3.63) is 82.3 Å². The van der Waals surface area contributed by atoms with Crippen molar-refractivity contribution in [1.82, 2.24) is 9.97 Å². The molecule has 0 amide bonds. The largest absolute Gasteiger partial charge is 0.298 e. The van der Waals surface area contributed by atoms with Crippen molar-refractivity contribution in [2.45, 2.75) is 0 Å². The first kappa shape index (κ1) is 16.8. The first-order chi connectivity index (χ1) is 12.7. The Hall–Kier alpha value is -2.63. The molecule has 0 saturated heterocycles. The molecule has 1 heterocycles. The van der Waals surface area contributed by atoms with Crippen molar-refractivity contribution in [1.29, 1.82) is 0 Å². The number of hydrogen-bond acceptors (Lipinski definition) is 4. The second-order valence-corrected chi connectivity index (χ2v) is 6.94. The summed E-state index contributed by atoms with van der Waals surface area (Å²) in [6.45, 7) is 0. The van der Waals surface area contributed by atoms with E-state index < -0.39 is 0 Å². The Bertz CT molecular complexity index is 1070. The van der Waals surface area contributed by atoms with Gasteiger partial charge in [0.05, 0.1) is 16.7 Å². The molecule has 1 aromatic heterocycles. The first-order valence-corrected chi connectivity index (χ1v) is 9.17. The smallest absolute Gasteiger partial charge is 0.171 e. The number of hydrogen-bond donors (Lipinski definition) is 2. The van der Waals surface area contributed by atoms with E-state index in [-0.39, 0.29) is 0 Å². The molecule has 0 spiro atoms. The molecule has 0 aliphatic carbocycles. The Kier molecular flexibility index (Phi) is 4.73. The third-order valence-corrected chi connectivity index (χ3v) is 4.79. The topological polar surface area (TPSA) is 49.8 Å². The molecule has 0 aliphatic rings. The average molecular weight is 426 g/mol. The predicted molar refractivity (Wildman–Crippen MR) is 111 cm³/mol. The maximum atomic E-state index is 6.11. The van der Waals surface area contributed by atoms with Crippen molar-refractivity contribution in [3.8, 4) is 11.3 Å². The van der Waals surface area contributed by atoms with Gasteiger partial charge in [-0.15, -0.1) is 0 Å². The minimum absolute atomic E-state index is 0.627. The number of nitrogens with one attached hydrogen (secondary N) is 2. The lowest BCUT2D eigenvalue weighted by atomic mass is 10.1. The van der Waals surface area contributed by atoms with Crippen molar-refractivity contribution >= 4 is 50.1 Å². The number of rotatable bonds is 4. The molecule has 0 unspecified atom stereocenters. The average Bonchev–Trinajstić information content (AvgIpc) is 2.67. The van der Waals surface area contributed by atoms with Crippen LogP contribution in [0.5, 0.6) is 0 Å². The zero-order chi connectivity index (χ0) is 17.9. The molecule has 2 N–H and O–H groups in total. The van der Waals surface area contributed by atoms with Crippen LogP contribution in [0.4, 0.5) is 11.5 Å². The van der Waals surface area contributed by atoms with Crippen LogP contribution in [-0.2, 0) is 0 Å². The number of aromatic nitrogens is 2. The Morgan fingerprint density at radius 2 is 1.54 bits per heavy atom. The van der Waals surface area contributed by atoms with E-state index in [4.69, 9.17) is 21.6 Å². The maximum Gasteiger partial charge on any atom is 0.171 e. The summed E-state index contributed by atoms with van der Waals surface area (Å²) >= 11 is 9.64. The van der Waals surface area contributed by atoms with Crippen LogP contribution >= 0.6 is 27.5 Å². The Morgan fingerprint density at radius 1 is 0.769 bits per heavy atom. The maximum absolute atomic E-state index is 6.11. The van der Waals surface area contributed by atoms with E-state index in [1.165, 1.54) is 0 Å². The molecule has 4 nitrogen and oxygen atoms in total. The van der Waals surface area contributed by atoms with Gasteiger partial charge >= 0.3 is 0 Å². The third kappa shape index (κ3) is 3.49. The van der Waals surface area contributed by atoms with Crippen molar-refractivity contribution in [3.63, 3.8) is 0 Å². The van der Waals surface area contributed by atoms with Crippen LogP contribution < -0.4 is 10.9 Å². The molecule has 3 aromatic carbocycles. The fourth-order valence-electron chi connectivity index (χ4n) is 2.60. The van der Waals surface area contributed by atoms with Gasteiger partial charge in [-0.05, 0) is 46.3 Å². The third-order valence-electron chi connectivity index (χ3n) is 3.86. The second kappa shape index (κ2) is 7.32. The standard InChI is InChI=1S/C20H14BrClN4/c21-15-8-4-5-9-16(15)25-26-20-19(13-6-2-1-3-7-13)23-17-11-10-14(22)12-18(17)24-20/h1-12,25H,(H,24,26). The molecule has 0 saturated carbocycles. The summed E-state index contributed by atoms with van der Waals surface area (Å²) in [7, 11) is 0. The molecular formula is C20H14BrClN4. The molecule has 0 bridgehead atoms. The summed E-state index contributed by atoms with van der Waals surface area (Å²) in [5, 5.41) is 0.629. The fourth-order valence-corrected chi connectivity index (χ4v) is 3.15. The van der Waals surface area contributed by atoms with Gasteiger partial charge in [0.1, 0.15) is 5.69 Å². The normalized spacial score (nSPS) is 10.7. The van der Waals surface area contributed by atoms with Gasteiger partial charge in [-0.2, -0.15) is 0 Å². The molecule has 6 heteroatoms. The second-order valence-electron chi connectivity index (χ2n) is 5.65. The molecule has 0 aliphatic heterocycles. The summed E-state index contributed by atoms with van der Waals surface area (Å²) in [6, 6.07) is 23.3. The van der Waals surface area contributed by atoms with Crippen molar-refractivity contribution < 1.29 is 0 Å². The zero-order valence-electron chi connectivity index (χ0n) is 13.6. The number of nitrogens with zero attached hydrogens (tertiary/aromatic N) is 2.